The minimum Gasteiger partial charge on any atom is -0.481 e. The van der Waals surface area contributed by atoms with Crippen LogP contribution in [0.2, 0.25) is 0 Å². The molecule has 0 saturated heterocycles. The second-order valence-corrected chi connectivity index (χ2v) is 4.36. The van der Waals surface area contributed by atoms with Crippen LogP contribution < -0.4 is 10.1 Å². The number of hydrogen-bond acceptors (Lipinski definition) is 3. The molecular formula is C14H24N2O. The Hall–Kier alpha value is -1.25. The van der Waals surface area contributed by atoms with Crippen molar-refractivity contribution in [3.63, 3.8) is 0 Å². The van der Waals surface area contributed by atoms with Crippen molar-refractivity contribution in [1.82, 2.24) is 4.98 Å². The highest BCUT2D eigenvalue weighted by molar-refractivity contribution is 5.45. The van der Waals surface area contributed by atoms with Gasteiger partial charge in [0.05, 0.1) is 7.11 Å². The summed E-state index contributed by atoms with van der Waals surface area (Å²) in [5.74, 6) is 0.667. The Morgan fingerprint density at radius 1 is 1.29 bits per heavy atom. The van der Waals surface area contributed by atoms with Crippen LogP contribution in [0.1, 0.15) is 46.0 Å². The molecule has 17 heavy (non-hydrogen) atoms. The Labute approximate surface area is 105 Å². The van der Waals surface area contributed by atoms with E-state index in [4.69, 9.17) is 4.74 Å². The van der Waals surface area contributed by atoms with Crippen LogP contribution in [0, 0.1) is 0 Å². The summed E-state index contributed by atoms with van der Waals surface area (Å²) in [5, 5.41) is 3.57. The van der Waals surface area contributed by atoms with Crippen LogP contribution in [0.25, 0.3) is 0 Å². The standard InChI is InChI=1S/C14H24N2O/c1-4-6-8-12(7-5-2)16-13-9-10-15-14(11-13)17-3/h9-12H,4-8H2,1-3H3,(H,15,16). The lowest BCUT2D eigenvalue weighted by Gasteiger charge is -2.19. The Morgan fingerprint density at radius 2 is 2.12 bits per heavy atom. The second-order valence-electron chi connectivity index (χ2n) is 4.36. The zero-order valence-electron chi connectivity index (χ0n) is 11.2. The van der Waals surface area contributed by atoms with Crippen LogP contribution in [0.4, 0.5) is 5.69 Å². The van der Waals surface area contributed by atoms with Crippen molar-refractivity contribution in [1.29, 1.82) is 0 Å². The van der Waals surface area contributed by atoms with Gasteiger partial charge in [-0.3, -0.25) is 0 Å². The molecule has 1 rings (SSSR count). The van der Waals surface area contributed by atoms with Crippen molar-refractivity contribution in [3.8, 4) is 5.88 Å². The van der Waals surface area contributed by atoms with E-state index in [0.717, 1.165) is 5.69 Å². The zero-order valence-corrected chi connectivity index (χ0v) is 11.2. The lowest BCUT2D eigenvalue weighted by molar-refractivity contribution is 0.398. The smallest absolute Gasteiger partial charge is 0.214 e. The Kier molecular flexibility index (Phi) is 6.45. The van der Waals surface area contributed by atoms with Crippen LogP contribution in [-0.4, -0.2) is 18.1 Å². The summed E-state index contributed by atoms with van der Waals surface area (Å²) in [6.07, 6.45) is 7.97. The summed E-state index contributed by atoms with van der Waals surface area (Å²) < 4.78 is 5.13. The van der Waals surface area contributed by atoms with E-state index in [0.29, 0.717) is 11.9 Å². The molecule has 0 aliphatic carbocycles. The Morgan fingerprint density at radius 3 is 2.76 bits per heavy atom. The Balaban J connectivity index is 2.57. The number of hydrogen-bond donors (Lipinski definition) is 1. The minimum absolute atomic E-state index is 0.562. The van der Waals surface area contributed by atoms with Crippen molar-refractivity contribution in [3.05, 3.63) is 18.3 Å². The van der Waals surface area contributed by atoms with Gasteiger partial charge in [0, 0.05) is 24.0 Å². The number of nitrogens with zero attached hydrogens (tertiary/aromatic N) is 1. The number of ether oxygens (including phenoxy) is 1. The predicted octanol–water partition coefficient (Wildman–Crippen LogP) is 3.86. The van der Waals surface area contributed by atoms with Gasteiger partial charge in [0.15, 0.2) is 0 Å². The maximum Gasteiger partial charge on any atom is 0.214 e. The topological polar surface area (TPSA) is 34.2 Å². The van der Waals surface area contributed by atoms with Gasteiger partial charge < -0.3 is 10.1 Å². The molecule has 3 nitrogen and oxygen atoms in total. The molecule has 96 valence electrons. The van der Waals surface area contributed by atoms with Gasteiger partial charge >= 0.3 is 0 Å². The lowest BCUT2D eigenvalue weighted by atomic mass is 10.0. The molecule has 0 aliphatic rings. The van der Waals surface area contributed by atoms with Gasteiger partial charge in [0.1, 0.15) is 0 Å². The first-order valence-corrected chi connectivity index (χ1v) is 6.56. The average molecular weight is 236 g/mol. The van der Waals surface area contributed by atoms with E-state index in [1.54, 1.807) is 13.3 Å². The van der Waals surface area contributed by atoms with Gasteiger partial charge in [-0.1, -0.05) is 33.1 Å². The van der Waals surface area contributed by atoms with Crippen LogP contribution in [0.15, 0.2) is 18.3 Å². The molecular weight excluding hydrogens is 212 g/mol. The van der Waals surface area contributed by atoms with Crippen molar-refractivity contribution in [2.45, 2.75) is 52.0 Å². The molecule has 0 fully saturated rings. The van der Waals surface area contributed by atoms with Crippen molar-refractivity contribution in [2.75, 3.05) is 12.4 Å². The number of pyridine rings is 1. The largest absolute Gasteiger partial charge is 0.481 e. The fraction of sp³-hybridized carbons (Fsp3) is 0.643. The fourth-order valence-corrected chi connectivity index (χ4v) is 1.93. The van der Waals surface area contributed by atoms with Crippen molar-refractivity contribution < 1.29 is 4.74 Å². The molecule has 1 N–H and O–H groups in total. The fourth-order valence-electron chi connectivity index (χ4n) is 1.93. The number of nitrogens with one attached hydrogen (secondary N) is 1. The third-order valence-corrected chi connectivity index (χ3v) is 2.86. The summed E-state index contributed by atoms with van der Waals surface area (Å²) in [6.45, 7) is 4.46. The number of anilines is 1. The normalized spacial score (nSPS) is 12.2. The van der Waals surface area contributed by atoms with Gasteiger partial charge in [0.2, 0.25) is 5.88 Å². The quantitative estimate of drug-likeness (QED) is 0.744. The number of unbranched alkanes of at least 4 members (excludes halogenated alkanes) is 1. The number of methoxy groups -OCH3 is 1. The highest BCUT2D eigenvalue weighted by Crippen LogP contribution is 2.18. The molecule has 0 saturated carbocycles. The molecule has 0 bridgehead atoms. The molecule has 0 amide bonds. The molecule has 1 aromatic heterocycles. The summed E-state index contributed by atoms with van der Waals surface area (Å²) in [6, 6.07) is 4.51. The van der Waals surface area contributed by atoms with E-state index in [-0.39, 0.29) is 0 Å². The van der Waals surface area contributed by atoms with E-state index in [9.17, 15) is 0 Å². The first-order chi connectivity index (χ1) is 8.30. The van der Waals surface area contributed by atoms with Crippen LogP contribution in [-0.2, 0) is 0 Å². The molecule has 0 radical (unpaired) electrons. The van der Waals surface area contributed by atoms with E-state index in [1.807, 2.05) is 12.1 Å². The highest BCUT2D eigenvalue weighted by Gasteiger charge is 2.07. The molecule has 1 atom stereocenters. The lowest BCUT2D eigenvalue weighted by Crippen LogP contribution is -2.19. The van der Waals surface area contributed by atoms with Gasteiger partial charge in [-0.15, -0.1) is 0 Å². The van der Waals surface area contributed by atoms with Crippen LogP contribution >= 0.6 is 0 Å². The first kappa shape index (κ1) is 13.8. The molecule has 1 aromatic rings. The van der Waals surface area contributed by atoms with Gasteiger partial charge in [-0.05, 0) is 18.9 Å². The van der Waals surface area contributed by atoms with Crippen molar-refractivity contribution in [2.24, 2.45) is 0 Å². The minimum atomic E-state index is 0.562. The zero-order chi connectivity index (χ0) is 12.5. The molecule has 1 heterocycles. The Bertz CT molecular complexity index is 315. The molecule has 0 aromatic carbocycles. The predicted molar refractivity (Wildman–Crippen MR) is 72.6 cm³/mol. The monoisotopic (exact) mass is 236 g/mol. The van der Waals surface area contributed by atoms with Crippen molar-refractivity contribution >= 4 is 5.69 Å². The first-order valence-electron chi connectivity index (χ1n) is 6.56. The van der Waals surface area contributed by atoms with Crippen LogP contribution in [0.3, 0.4) is 0 Å². The average Bonchev–Trinajstić information content (AvgIpc) is 2.36. The summed E-state index contributed by atoms with van der Waals surface area (Å²) in [4.78, 5) is 4.11. The summed E-state index contributed by atoms with van der Waals surface area (Å²) >= 11 is 0. The summed E-state index contributed by atoms with van der Waals surface area (Å²) in [7, 11) is 1.65. The third-order valence-electron chi connectivity index (χ3n) is 2.86. The molecule has 1 unspecified atom stereocenters. The van der Waals surface area contributed by atoms with Gasteiger partial charge in [-0.2, -0.15) is 0 Å². The van der Waals surface area contributed by atoms with Gasteiger partial charge in [0.25, 0.3) is 0 Å². The molecule has 0 spiro atoms. The summed E-state index contributed by atoms with van der Waals surface area (Å²) in [5.41, 5.74) is 1.10. The third kappa shape index (κ3) is 5.07. The van der Waals surface area contributed by atoms with E-state index < -0.39 is 0 Å². The highest BCUT2D eigenvalue weighted by atomic mass is 16.5. The second kappa shape index (κ2) is 7.93. The maximum atomic E-state index is 5.13. The van der Waals surface area contributed by atoms with E-state index >= 15 is 0 Å². The molecule has 0 aliphatic heterocycles. The van der Waals surface area contributed by atoms with E-state index in [1.165, 1.54) is 32.1 Å². The van der Waals surface area contributed by atoms with Gasteiger partial charge in [-0.25, -0.2) is 4.98 Å². The number of aromatic nitrogens is 1. The SMILES string of the molecule is CCCCC(CCC)Nc1ccnc(OC)c1. The maximum absolute atomic E-state index is 5.13. The molecule has 3 heteroatoms. The number of rotatable bonds is 8. The van der Waals surface area contributed by atoms with Crippen LogP contribution in [0.5, 0.6) is 5.88 Å². The van der Waals surface area contributed by atoms with E-state index in [2.05, 4.69) is 24.1 Å².